The molecule has 0 radical (unpaired) electrons. The molecular formula is C18H28N2O4S. The number of amides is 1. The van der Waals surface area contributed by atoms with Gasteiger partial charge in [-0.1, -0.05) is 6.07 Å². The summed E-state index contributed by atoms with van der Waals surface area (Å²) in [6.07, 6.45) is 2.33. The Bertz CT molecular complexity index is 710. The molecule has 0 spiro atoms. The monoisotopic (exact) mass is 368 g/mol. The fourth-order valence-corrected chi connectivity index (χ4v) is 3.75. The van der Waals surface area contributed by atoms with E-state index in [-0.39, 0.29) is 17.9 Å². The number of carbonyl (C=O) groups excluding carboxylic acids is 1. The molecule has 25 heavy (non-hydrogen) atoms. The number of nitrogens with zero attached hydrogens (tertiary/aromatic N) is 1. The highest BCUT2D eigenvalue weighted by Crippen LogP contribution is 2.20. The summed E-state index contributed by atoms with van der Waals surface area (Å²) in [5.74, 6) is 0.636. The number of benzene rings is 1. The smallest absolute Gasteiger partial charge is 0.223 e. The van der Waals surface area contributed by atoms with Gasteiger partial charge in [0.2, 0.25) is 15.9 Å². The van der Waals surface area contributed by atoms with E-state index in [2.05, 4.69) is 12.2 Å². The van der Waals surface area contributed by atoms with E-state index >= 15 is 0 Å². The summed E-state index contributed by atoms with van der Waals surface area (Å²) in [5, 5.41) is 2.97. The van der Waals surface area contributed by atoms with E-state index in [1.165, 1.54) is 21.7 Å². The van der Waals surface area contributed by atoms with Crippen LogP contribution in [0.4, 0.5) is 0 Å². The first-order chi connectivity index (χ1) is 11.7. The molecule has 140 valence electrons. The second kappa shape index (κ2) is 8.19. The van der Waals surface area contributed by atoms with Gasteiger partial charge in [0.25, 0.3) is 0 Å². The van der Waals surface area contributed by atoms with Crippen LogP contribution in [0.3, 0.4) is 0 Å². The molecular weight excluding hydrogens is 340 g/mol. The Morgan fingerprint density at radius 3 is 2.48 bits per heavy atom. The molecule has 0 aromatic heterocycles. The van der Waals surface area contributed by atoms with Crippen molar-refractivity contribution in [1.82, 2.24) is 9.62 Å². The molecule has 1 heterocycles. The number of hydrogen-bond donors (Lipinski definition) is 1. The third kappa shape index (κ3) is 5.71. The van der Waals surface area contributed by atoms with Gasteiger partial charge in [0.15, 0.2) is 0 Å². The van der Waals surface area contributed by atoms with Crippen molar-refractivity contribution in [3.63, 3.8) is 0 Å². The standard InChI is InChI=1S/C18H28N2O4S/c1-13-5-6-17(11-14(13)2)24-12-15(3)19-18(21)16-7-9-20(10-8-16)25(4,22)23/h5-6,11,15-16H,7-10,12H2,1-4H3,(H,19,21)/t15-/m1/s1. The molecule has 1 N–H and O–H groups in total. The molecule has 2 rings (SSSR count). The number of piperidine rings is 1. The average Bonchev–Trinajstić information content (AvgIpc) is 2.55. The van der Waals surface area contributed by atoms with Crippen LogP contribution in [0, 0.1) is 19.8 Å². The van der Waals surface area contributed by atoms with Crippen LogP contribution < -0.4 is 10.1 Å². The lowest BCUT2D eigenvalue weighted by Gasteiger charge is -2.30. The fraction of sp³-hybridized carbons (Fsp3) is 0.611. The molecule has 1 fully saturated rings. The normalized spacial score (nSPS) is 17.9. The molecule has 1 aliphatic heterocycles. The molecule has 1 aromatic carbocycles. The topological polar surface area (TPSA) is 75.7 Å². The van der Waals surface area contributed by atoms with Gasteiger partial charge in [-0.15, -0.1) is 0 Å². The van der Waals surface area contributed by atoms with Crippen molar-refractivity contribution in [2.75, 3.05) is 26.0 Å². The van der Waals surface area contributed by atoms with Crippen molar-refractivity contribution in [1.29, 1.82) is 0 Å². The van der Waals surface area contributed by atoms with E-state index in [9.17, 15) is 13.2 Å². The number of nitrogens with one attached hydrogen (secondary N) is 1. The SMILES string of the molecule is Cc1ccc(OC[C@@H](C)NC(=O)C2CCN(S(C)(=O)=O)CC2)cc1C. The Balaban J connectivity index is 1.77. The largest absolute Gasteiger partial charge is 0.491 e. The highest BCUT2D eigenvalue weighted by atomic mass is 32.2. The molecule has 0 aliphatic carbocycles. The Hall–Kier alpha value is -1.60. The molecule has 1 amide bonds. The van der Waals surface area contributed by atoms with Crippen molar-refractivity contribution in [2.24, 2.45) is 5.92 Å². The molecule has 0 unspecified atom stereocenters. The third-order valence-corrected chi connectivity index (χ3v) is 5.96. The minimum atomic E-state index is -3.16. The second-order valence-electron chi connectivity index (χ2n) is 6.90. The van der Waals surface area contributed by atoms with Crippen LogP contribution in [0.25, 0.3) is 0 Å². The Morgan fingerprint density at radius 2 is 1.92 bits per heavy atom. The zero-order chi connectivity index (χ0) is 18.6. The first-order valence-electron chi connectivity index (χ1n) is 8.62. The van der Waals surface area contributed by atoms with Crippen LogP contribution in [0.2, 0.25) is 0 Å². The lowest BCUT2D eigenvalue weighted by Crippen LogP contribution is -2.45. The fourth-order valence-electron chi connectivity index (χ4n) is 2.88. The van der Waals surface area contributed by atoms with Crippen LogP contribution in [0.1, 0.15) is 30.9 Å². The van der Waals surface area contributed by atoms with E-state index in [0.717, 1.165) is 5.75 Å². The summed E-state index contributed by atoms with van der Waals surface area (Å²) in [7, 11) is -3.16. The van der Waals surface area contributed by atoms with Crippen LogP contribution in [-0.4, -0.2) is 50.6 Å². The number of sulfonamides is 1. The quantitative estimate of drug-likeness (QED) is 0.832. The molecule has 1 atom stereocenters. The lowest BCUT2D eigenvalue weighted by molar-refractivity contribution is -0.126. The van der Waals surface area contributed by atoms with Gasteiger partial charge in [-0.05, 0) is 56.9 Å². The summed E-state index contributed by atoms with van der Waals surface area (Å²) < 4.78 is 30.2. The molecule has 0 bridgehead atoms. The number of rotatable bonds is 6. The molecule has 6 nitrogen and oxygen atoms in total. The first kappa shape index (κ1) is 19.7. The minimum Gasteiger partial charge on any atom is -0.491 e. The second-order valence-corrected chi connectivity index (χ2v) is 8.89. The van der Waals surface area contributed by atoms with Gasteiger partial charge in [0.05, 0.1) is 12.3 Å². The Labute approximate surface area is 150 Å². The van der Waals surface area contributed by atoms with Gasteiger partial charge in [-0.2, -0.15) is 0 Å². The predicted molar refractivity (Wildman–Crippen MR) is 98.2 cm³/mol. The molecule has 1 aromatic rings. The zero-order valence-electron chi connectivity index (χ0n) is 15.4. The van der Waals surface area contributed by atoms with Crippen LogP contribution in [0.5, 0.6) is 5.75 Å². The van der Waals surface area contributed by atoms with Crippen molar-refractivity contribution in [2.45, 2.75) is 39.7 Å². The molecule has 7 heteroatoms. The lowest BCUT2D eigenvalue weighted by atomic mass is 9.97. The number of carbonyl (C=O) groups is 1. The van der Waals surface area contributed by atoms with Gasteiger partial charge < -0.3 is 10.1 Å². The van der Waals surface area contributed by atoms with Gasteiger partial charge in [0, 0.05) is 19.0 Å². The number of ether oxygens (including phenoxy) is 1. The Kier molecular flexibility index (Phi) is 6.46. The summed E-state index contributed by atoms with van der Waals surface area (Å²) in [6.45, 7) is 7.21. The minimum absolute atomic E-state index is 0.0238. The zero-order valence-corrected chi connectivity index (χ0v) is 16.2. The van der Waals surface area contributed by atoms with Crippen LogP contribution in [-0.2, 0) is 14.8 Å². The van der Waals surface area contributed by atoms with Gasteiger partial charge in [0.1, 0.15) is 12.4 Å². The van der Waals surface area contributed by atoms with Crippen molar-refractivity contribution < 1.29 is 17.9 Å². The van der Waals surface area contributed by atoms with E-state index in [1.54, 1.807) is 0 Å². The number of hydrogen-bond acceptors (Lipinski definition) is 4. The maximum atomic E-state index is 12.3. The van der Waals surface area contributed by atoms with E-state index in [1.807, 2.05) is 32.0 Å². The molecule has 1 aliphatic rings. The maximum absolute atomic E-state index is 12.3. The highest BCUT2D eigenvalue weighted by Gasteiger charge is 2.29. The summed E-state index contributed by atoms with van der Waals surface area (Å²) >= 11 is 0. The molecule has 1 saturated heterocycles. The van der Waals surface area contributed by atoms with Gasteiger partial charge in [-0.25, -0.2) is 12.7 Å². The van der Waals surface area contributed by atoms with Crippen molar-refractivity contribution >= 4 is 15.9 Å². The highest BCUT2D eigenvalue weighted by molar-refractivity contribution is 7.88. The van der Waals surface area contributed by atoms with Gasteiger partial charge >= 0.3 is 0 Å². The van der Waals surface area contributed by atoms with Crippen molar-refractivity contribution in [3.05, 3.63) is 29.3 Å². The van der Waals surface area contributed by atoms with Crippen molar-refractivity contribution in [3.8, 4) is 5.75 Å². The Morgan fingerprint density at radius 1 is 1.28 bits per heavy atom. The number of aryl methyl sites for hydroxylation is 2. The first-order valence-corrected chi connectivity index (χ1v) is 10.5. The summed E-state index contributed by atoms with van der Waals surface area (Å²) in [5.41, 5.74) is 2.39. The third-order valence-electron chi connectivity index (χ3n) is 4.66. The van der Waals surface area contributed by atoms with E-state index < -0.39 is 10.0 Å². The van der Waals surface area contributed by atoms with Gasteiger partial charge in [-0.3, -0.25) is 4.79 Å². The average molecular weight is 368 g/mol. The summed E-state index contributed by atoms with van der Waals surface area (Å²) in [6, 6.07) is 5.83. The summed E-state index contributed by atoms with van der Waals surface area (Å²) in [4.78, 5) is 12.3. The molecule has 0 saturated carbocycles. The predicted octanol–water partition coefficient (Wildman–Crippen LogP) is 1.86. The maximum Gasteiger partial charge on any atom is 0.223 e. The van der Waals surface area contributed by atoms with Crippen LogP contribution in [0.15, 0.2) is 18.2 Å². The van der Waals surface area contributed by atoms with Crippen LogP contribution >= 0.6 is 0 Å². The van der Waals surface area contributed by atoms with E-state index in [4.69, 9.17) is 4.74 Å². The van der Waals surface area contributed by atoms with E-state index in [0.29, 0.717) is 32.5 Å².